The lowest BCUT2D eigenvalue weighted by Gasteiger charge is -2.22. The predicted octanol–water partition coefficient (Wildman–Crippen LogP) is 4.67. The molecule has 0 aliphatic carbocycles. The second-order valence-electron chi connectivity index (χ2n) is 6.03. The van der Waals surface area contributed by atoms with Crippen LogP contribution < -0.4 is 0 Å². The third kappa shape index (κ3) is 1.99. The minimum Gasteiger partial charge on any atom is -0.345 e. The Morgan fingerprint density at radius 2 is 1.80 bits per heavy atom. The monoisotopic (exact) mass is 268 g/mol. The van der Waals surface area contributed by atoms with E-state index in [4.69, 9.17) is 0 Å². The van der Waals surface area contributed by atoms with Crippen molar-refractivity contribution in [3.8, 4) is 11.1 Å². The number of fused-ring (bicyclic) bond motifs is 1. The van der Waals surface area contributed by atoms with Gasteiger partial charge in [0.2, 0.25) is 0 Å². The van der Waals surface area contributed by atoms with Gasteiger partial charge in [0.15, 0.2) is 0 Å². The quantitative estimate of drug-likeness (QED) is 0.682. The summed E-state index contributed by atoms with van der Waals surface area (Å²) in [4.78, 5) is 7.38. The van der Waals surface area contributed by atoms with Crippen molar-refractivity contribution in [3.05, 3.63) is 54.1 Å². The van der Waals surface area contributed by atoms with Crippen LogP contribution in [0.1, 0.15) is 26.3 Å². The molecule has 0 amide bonds. The fraction of sp³-hybridized carbons (Fsp3) is 0.235. The Hall–Kier alpha value is -2.16. The molecule has 0 radical (unpaired) electrons. The van der Waals surface area contributed by atoms with Gasteiger partial charge in [0, 0.05) is 11.1 Å². The van der Waals surface area contributed by atoms with E-state index >= 15 is 4.39 Å². The summed E-state index contributed by atoms with van der Waals surface area (Å²) in [6.45, 7) is 6.02. The molecule has 2 nitrogen and oxygen atoms in total. The molecule has 20 heavy (non-hydrogen) atoms. The van der Waals surface area contributed by atoms with Gasteiger partial charge in [0.1, 0.15) is 5.82 Å². The van der Waals surface area contributed by atoms with Gasteiger partial charge < -0.3 is 4.98 Å². The molecule has 0 saturated carbocycles. The number of halogens is 1. The number of aromatic nitrogens is 2. The number of rotatable bonds is 1. The number of nitrogens with one attached hydrogen (secondary N) is 1. The van der Waals surface area contributed by atoms with Crippen molar-refractivity contribution in [2.24, 2.45) is 0 Å². The van der Waals surface area contributed by atoms with E-state index in [0.29, 0.717) is 11.1 Å². The molecule has 0 unspecified atom stereocenters. The number of imidazole rings is 1. The number of aromatic amines is 1. The van der Waals surface area contributed by atoms with E-state index in [-0.39, 0.29) is 11.2 Å². The van der Waals surface area contributed by atoms with Crippen LogP contribution in [0, 0.1) is 5.82 Å². The van der Waals surface area contributed by atoms with Gasteiger partial charge in [-0.25, -0.2) is 9.37 Å². The summed E-state index contributed by atoms with van der Waals surface area (Å²) in [7, 11) is 0. The zero-order valence-electron chi connectivity index (χ0n) is 11.9. The number of nitrogens with zero attached hydrogens (tertiary/aromatic N) is 1. The predicted molar refractivity (Wildman–Crippen MR) is 80.2 cm³/mol. The molecule has 0 atom stereocenters. The van der Waals surface area contributed by atoms with Crippen LogP contribution in [-0.2, 0) is 5.41 Å². The molecule has 0 aliphatic heterocycles. The molecule has 3 rings (SSSR count). The topological polar surface area (TPSA) is 28.7 Å². The fourth-order valence-corrected chi connectivity index (χ4v) is 2.57. The second-order valence-corrected chi connectivity index (χ2v) is 6.03. The molecule has 0 spiro atoms. The Labute approximate surface area is 117 Å². The Kier molecular flexibility index (Phi) is 2.85. The Bertz CT molecular complexity index is 752. The van der Waals surface area contributed by atoms with E-state index in [0.717, 1.165) is 16.6 Å². The summed E-state index contributed by atoms with van der Waals surface area (Å²) in [6.07, 6.45) is 1.62. The minimum absolute atomic E-state index is 0.178. The van der Waals surface area contributed by atoms with Crippen LogP contribution in [0.25, 0.3) is 22.2 Å². The van der Waals surface area contributed by atoms with Crippen molar-refractivity contribution in [2.45, 2.75) is 26.2 Å². The maximum atomic E-state index is 15.0. The van der Waals surface area contributed by atoms with Gasteiger partial charge in [-0.1, -0.05) is 51.1 Å². The van der Waals surface area contributed by atoms with Crippen LogP contribution in [0.3, 0.4) is 0 Å². The number of hydrogen-bond acceptors (Lipinski definition) is 1. The lowest BCUT2D eigenvalue weighted by Crippen LogP contribution is -2.15. The van der Waals surface area contributed by atoms with Crippen LogP contribution in [0.15, 0.2) is 42.7 Å². The average Bonchev–Trinajstić information content (AvgIpc) is 2.84. The van der Waals surface area contributed by atoms with E-state index in [1.165, 1.54) is 0 Å². The van der Waals surface area contributed by atoms with Crippen molar-refractivity contribution < 1.29 is 4.39 Å². The molecule has 0 saturated heterocycles. The molecule has 0 bridgehead atoms. The van der Waals surface area contributed by atoms with E-state index in [9.17, 15) is 0 Å². The van der Waals surface area contributed by atoms with Crippen molar-refractivity contribution in [1.82, 2.24) is 9.97 Å². The molecule has 0 fully saturated rings. The molecule has 3 heteroatoms. The van der Waals surface area contributed by atoms with Crippen LogP contribution in [0.2, 0.25) is 0 Å². The van der Waals surface area contributed by atoms with E-state index in [1.807, 2.05) is 57.2 Å². The zero-order valence-corrected chi connectivity index (χ0v) is 11.9. The van der Waals surface area contributed by atoms with Crippen LogP contribution in [-0.4, -0.2) is 9.97 Å². The van der Waals surface area contributed by atoms with E-state index < -0.39 is 0 Å². The van der Waals surface area contributed by atoms with Crippen LogP contribution in [0.5, 0.6) is 0 Å². The first kappa shape index (κ1) is 12.9. The van der Waals surface area contributed by atoms with Crippen molar-refractivity contribution in [1.29, 1.82) is 0 Å². The Morgan fingerprint density at radius 1 is 1.10 bits per heavy atom. The summed E-state index contributed by atoms with van der Waals surface area (Å²) < 4.78 is 15.0. The molecular formula is C17H17FN2. The first-order valence-corrected chi connectivity index (χ1v) is 6.70. The highest BCUT2D eigenvalue weighted by Gasteiger charge is 2.25. The smallest absolute Gasteiger partial charge is 0.137 e. The molecule has 0 aliphatic rings. The highest BCUT2D eigenvalue weighted by molar-refractivity contribution is 5.86. The lowest BCUT2D eigenvalue weighted by molar-refractivity contribution is 0.529. The normalized spacial score (nSPS) is 12.0. The lowest BCUT2D eigenvalue weighted by atomic mass is 9.83. The van der Waals surface area contributed by atoms with E-state index in [1.54, 1.807) is 6.33 Å². The molecule has 1 N–H and O–H groups in total. The second kappa shape index (κ2) is 4.44. The van der Waals surface area contributed by atoms with Crippen molar-refractivity contribution >= 4 is 11.0 Å². The summed E-state index contributed by atoms with van der Waals surface area (Å²) in [5.74, 6) is -0.178. The van der Waals surface area contributed by atoms with Gasteiger partial charge in [0.25, 0.3) is 0 Å². The summed E-state index contributed by atoms with van der Waals surface area (Å²) >= 11 is 0. The van der Waals surface area contributed by atoms with Crippen LogP contribution >= 0.6 is 0 Å². The number of H-pyrrole nitrogens is 1. The van der Waals surface area contributed by atoms with Gasteiger partial charge >= 0.3 is 0 Å². The third-order valence-corrected chi connectivity index (χ3v) is 3.49. The Balaban J connectivity index is 2.38. The maximum absolute atomic E-state index is 15.0. The number of hydrogen-bond donors (Lipinski definition) is 1. The molecule has 2 aromatic carbocycles. The fourth-order valence-electron chi connectivity index (χ4n) is 2.57. The SMILES string of the molecule is CC(C)(C)c1c(F)c(-c2ccccc2)cc2[nH]cnc12. The van der Waals surface area contributed by atoms with Gasteiger partial charge in [-0.3, -0.25) is 0 Å². The molecule has 3 aromatic rings. The summed E-state index contributed by atoms with van der Waals surface area (Å²) in [5, 5.41) is 0. The van der Waals surface area contributed by atoms with Crippen molar-refractivity contribution in [3.63, 3.8) is 0 Å². The number of benzene rings is 2. The molecule has 102 valence electrons. The first-order chi connectivity index (χ1) is 9.48. The molecular weight excluding hydrogens is 251 g/mol. The minimum atomic E-state index is -0.303. The van der Waals surface area contributed by atoms with Crippen LogP contribution in [0.4, 0.5) is 4.39 Å². The first-order valence-electron chi connectivity index (χ1n) is 6.70. The van der Waals surface area contributed by atoms with Gasteiger partial charge in [-0.15, -0.1) is 0 Å². The highest BCUT2D eigenvalue weighted by Crippen LogP contribution is 2.36. The molecule has 1 aromatic heterocycles. The maximum Gasteiger partial charge on any atom is 0.137 e. The highest BCUT2D eigenvalue weighted by atomic mass is 19.1. The Morgan fingerprint density at radius 3 is 2.45 bits per heavy atom. The van der Waals surface area contributed by atoms with E-state index in [2.05, 4.69) is 9.97 Å². The standard InChI is InChI=1S/C17H17FN2/c1-17(2,3)14-15(18)12(11-7-5-4-6-8-11)9-13-16(14)20-10-19-13/h4-10H,1-3H3,(H,19,20). The largest absolute Gasteiger partial charge is 0.345 e. The zero-order chi connectivity index (χ0) is 14.3. The molecule has 1 heterocycles. The summed E-state index contributed by atoms with van der Waals surface area (Å²) in [5.41, 5.74) is 3.45. The third-order valence-electron chi connectivity index (χ3n) is 3.49. The summed E-state index contributed by atoms with van der Waals surface area (Å²) in [6, 6.07) is 11.5. The van der Waals surface area contributed by atoms with Gasteiger partial charge in [0.05, 0.1) is 17.4 Å². The van der Waals surface area contributed by atoms with Gasteiger partial charge in [-0.05, 0) is 17.0 Å². The van der Waals surface area contributed by atoms with Crippen molar-refractivity contribution in [2.75, 3.05) is 0 Å². The van der Waals surface area contributed by atoms with Gasteiger partial charge in [-0.2, -0.15) is 0 Å². The average molecular weight is 268 g/mol.